The second-order valence-corrected chi connectivity index (χ2v) is 5.01. The van der Waals surface area contributed by atoms with Gasteiger partial charge in [0.25, 0.3) is 0 Å². The molecule has 2 rings (SSSR count). The highest BCUT2D eigenvalue weighted by Gasteiger charge is 2.29. The Labute approximate surface area is 98.4 Å². The fourth-order valence-corrected chi connectivity index (χ4v) is 2.51. The van der Waals surface area contributed by atoms with Gasteiger partial charge in [-0.25, -0.2) is 0 Å². The number of benzene rings is 1. The second-order valence-electron chi connectivity index (χ2n) is 5.01. The number of piperidine rings is 1. The zero-order valence-electron chi connectivity index (χ0n) is 10.3. The lowest BCUT2D eigenvalue weighted by Crippen LogP contribution is -2.51. The third-order valence-electron chi connectivity index (χ3n) is 3.99. The van der Waals surface area contributed by atoms with E-state index in [-0.39, 0.29) is 0 Å². The molecule has 1 fully saturated rings. The zero-order valence-corrected chi connectivity index (χ0v) is 10.3. The van der Waals surface area contributed by atoms with Crippen molar-refractivity contribution < 1.29 is 0 Å². The lowest BCUT2D eigenvalue weighted by Gasteiger charge is -2.41. The van der Waals surface area contributed by atoms with Gasteiger partial charge in [-0.1, -0.05) is 37.3 Å². The third kappa shape index (κ3) is 2.45. The van der Waals surface area contributed by atoms with Crippen LogP contribution in [0.4, 0.5) is 0 Å². The monoisotopic (exact) mass is 218 g/mol. The van der Waals surface area contributed by atoms with E-state index in [1.54, 1.807) is 0 Å². The van der Waals surface area contributed by atoms with Crippen molar-refractivity contribution in [1.82, 2.24) is 4.90 Å². The summed E-state index contributed by atoms with van der Waals surface area (Å²) in [5.41, 5.74) is 7.50. The van der Waals surface area contributed by atoms with Crippen LogP contribution in [0, 0.1) is 5.92 Å². The minimum Gasteiger partial charge on any atom is -0.327 e. The summed E-state index contributed by atoms with van der Waals surface area (Å²) < 4.78 is 0. The van der Waals surface area contributed by atoms with Crippen molar-refractivity contribution in [3.8, 4) is 0 Å². The summed E-state index contributed by atoms with van der Waals surface area (Å²) in [6, 6.07) is 11.7. The molecule has 0 unspecified atom stereocenters. The lowest BCUT2D eigenvalue weighted by molar-refractivity contribution is 0.0910. The predicted molar refractivity (Wildman–Crippen MR) is 68.1 cm³/mol. The molecule has 1 heterocycles. The summed E-state index contributed by atoms with van der Waals surface area (Å²) >= 11 is 0. The van der Waals surface area contributed by atoms with Gasteiger partial charge in [-0.15, -0.1) is 0 Å². The van der Waals surface area contributed by atoms with Crippen LogP contribution in [-0.2, 0) is 6.54 Å². The number of nitrogens with two attached hydrogens (primary N) is 1. The molecule has 2 nitrogen and oxygen atoms in total. The molecular weight excluding hydrogens is 196 g/mol. The molecule has 1 aromatic rings. The predicted octanol–water partition coefficient (Wildman–Crippen LogP) is 2.24. The number of likely N-dealkylation sites (tertiary alicyclic amines) is 1. The average molecular weight is 218 g/mol. The number of rotatable bonds is 2. The Hall–Kier alpha value is -0.860. The first-order chi connectivity index (χ1) is 7.68. The molecule has 1 aromatic carbocycles. The Morgan fingerprint density at radius 3 is 2.62 bits per heavy atom. The van der Waals surface area contributed by atoms with E-state index in [1.807, 2.05) is 0 Å². The molecule has 0 aromatic heterocycles. The fourth-order valence-electron chi connectivity index (χ4n) is 2.51. The topological polar surface area (TPSA) is 29.3 Å². The minimum absolute atomic E-state index is 0.377. The number of nitrogens with zero attached hydrogens (tertiary/aromatic N) is 1. The first-order valence-electron chi connectivity index (χ1n) is 6.22. The Kier molecular flexibility index (Phi) is 3.62. The van der Waals surface area contributed by atoms with Crippen molar-refractivity contribution >= 4 is 0 Å². The fraction of sp³-hybridized carbons (Fsp3) is 0.571. The first-order valence-corrected chi connectivity index (χ1v) is 6.22. The SMILES string of the molecule is C[C@@H]1[C@@H](C)N(Cc2ccccc2)CC[C@@H]1N. The van der Waals surface area contributed by atoms with Gasteiger partial charge in [0.1, 0.15) is 0 Å². The van der Waals surface area contributed by atoms with Gasteiger partial charge in [0.05, 0.1) is 0 Å². The maximum Gasteiger partial charge on any atom is 0.0236 e. The molecule has 0 bridgehead atoms. The van der Waals surface area contributed by atoms with Gasteiger partial charge in [0, 0.05) is 25.2 Å². The summed E-state index contributed by atoms with van der Waals surface area (Å²) in [7, 11) is 0. The summed E-state index contributed by atoms with van der Waals surface area (Å²) in [5.74, 6) is 0.595. The van der Waals surface area contributed by atoms with Gasteiger partial charge in [-0.2, -0.15) is 0 Å². The second kappa shape index (κ2) is 4.98. The van der Waals surface area contributed by atoms with Crippen molar-refractivity contribution in [2.45, 2.75) is 38.9 Å². The molecule has 0 spiro atoms. The van der Waals surface area contributed by atoms with E-state index in [0.29, 0.717) is 18.0 Å². The molecule has 88 valence electrons. The normalized spacial score (nSPS) is 31.6. The summed E-state index contributed by atoms with van der Waals surface area (Å²) in [6.45, 7) is 6.75. The number of hydrogen-bond donors (Lipinski definition) is 1. The van der Waals surface area contributed by atoms with Crippen molar-refractivity contribution in [3.63, 3.8) is 0 Å². The maximum absolute atomic E-state index is 6.10. The molecule has 2 heteroatoms. The van der Waals surface area contributed by atoms with Crippen LogP contribution in [0.5, 0.6) is 0 Å². The molecule has 3 atom stereocenters. The van der Waals surface area contributed by atoms with Gasteiger partial charge in [-0.05, 0) is 24.8 Å². The molecule has 0 saturated carbocycles. The summed E-state index contributed by atoms with van der Waals surface area (Å²) in [4.78, 5) is 2.54. The van der Waals surface area contributed by atoms with Crippen LogP contribution in [0.15, 0.2) is 30.3 Å². The highest BCUT2D eigenvalue weighted by Crippen LogP contribution is 2.23. The van der Waals surface area contributed by atoms with E-state index in [1.165, 1.54) is 5.56 Å². The first kappa shape index (κ1) is 11.6. The molecule has 1 saturated heterocycles. The van der Waals surface area contributed by atoms with Crippen molar-refractivity contribution in [1.29, 1.82) is 0 Å². The van der Waals surface area contributed by atoms with E-state index in [0.717, 1.165) is 19.5 Å². The van der Waals surface area contributed by atoms with E-state index < -0.39 is 0 Å². The van der Waals surface area contributed by atoms with Gasteiger partial charge in [0.2, 0.25) is 0 Å². The van der Waals surface area contributed by atoms with E-state index in [9.17, 15) is 0 Å². The smallest absolute Gasteiger partial charge is 0.0236 e. The van der Waals surface area contributed by atoms with Crippen molar-refractivity contribution in [3.05, 3.63) is 35.9 Å². The van der Waals surface area contributed by atoms with Crippen LogP contribution in [0.25, 0.3) is 0 Å². The largest absolute Gasteiger partial charge is 0.327 e. The van der Waals surface area contributed by atoms with E-state index >= 15 is 0 Å². The van der Waals surface area contributed by atoms with Gasteiger partial charge < -0.3 is 5.73 Å². The molecule has 1 aliphatic heterocycles. The van der Waals surface area contributed by atoms with Crippen molar-refractivity contribution in [2.75, 3.05) is 6.54 Å². The van der Waals surface area contributed by atoms with E-state index in [4.69, 9.17) is 5.73 Å². The van der Waals surface area contributed by atoms with Crippen LogP contribution < -0.4 is 5.73 Å². The molecule has 0 amide bonds. The van der Waals surface area contributed by atoms with Gasteiger partial charge in [-0.3, -0.25) is 4.90 Å². The van der Waals surface area contributed by atoms with Crippen LogP contribution in [-0.4, -0.2) is 23.5 Å². The Bertz CT molecular complexity index is 323. The minimum atomic E-state index is 0.377. The zero-order chi connectivity index (χ0) is 11.5. The standard InChI is InChI=1S/C14H22N2/c1-11-12(2)16(9-8-14(11)15)10-13-6-4-3-5-7-13/h3-7,11-12,14H,8-10,15H2,1-2H3/t11-,12-,14+/m1/s1. The third-order valence-corrected chi connectivity index (χ3v) is 3.99. The van der Waals surface area contributed by atoms with E-state index in [2.05, 4.69) is 49.1 Å². The van der Waals surface area contributed by atoms with Crippen LogP contribution in [0.2, 0.25) is 0 Å². The van der Waals surface area contributed by atoms with Gasteiger partial charge >= 0.3 is 0 Å². The molecule has 1 aliphatic rings. The van der Waals surface area contributed by atoms with Crippen LogP contribution in [0.1, 0.15) is 25.8 Å². The molecule has 0 aliphatic carbocycles. The lowest BCUT2D eigenvalue weighted by atomic mass is 9.87. The van der Waals surface area contributed by atoms with Crippen molar-refractivity contribution in [2.24, 2.45) is 11.7 Å². The summed E-state index contributed by atoms with van der Waals surface area (Å²) in [6.07, 6.45) is 1.12. The maximum atomic E-state index is 6.10. The quantitative estimate of drug-likeness (QED) is 0.825. The Morgan fingerprint density at radius 1 is 1.25 bits per heavy atom. The van der Waals surface area contributed by atoms with Crippen LogP contribution >= 0.6 is 0 Å². The average Bonchev–Trinajstić information content (AvgIpc) is 2.31. The highest BCUT2D eigenvalue weighted by atomic mass is 15.2. The molecule has 16 heavy (non-hydrogen) atoms. The molecule has 0 radical (unpaired) electrons. The molecular formula is C14H22N2. The Balaban J connectivity index is 2.00. The molecule has 2 N–H and O–H groups in total. The van der Waals surface area contributed by atoms with Gasteiger partial charge in [0.15, 0.2) is 0 Å². The van der Waals surface area contributed by atoms with Crippen LogP contribution in [0.3, 0.4) is 0 Å². The number of hydrogen-bond acceptors (Lipinski definition) is 2. The Morgan fingerprint density at radius 2 is 1.94 bits per heavy atom. The highest BCUT2D eigenvalue weighted by molar-refractivity contribution is 5.14. The summed E-state index contributed by atoms with van der Waals surface area (Å²) in [5, 5.41) is 0.